The van der Waals surface area contributed by atoms with Gasteiger partial charge in [0.25, 0.3) is 0 Å². The van der Waals surface area contributed by atoms with Crippen molar-refractivity contribution in [1.29, 1.82) is 0 Å². The van der Waals surface area contributed by atoms with E-state index in [0.717, 1.165) is 62.3 Å². The molecule has 0 unspecified atom stereocenters. The molecule has 4 heterocycles. The molecule has 0 bridgehead atoms. The highest BCUT2D eigenvalue weighted by molar-refractivity contribution is 7.80. The summed E-state index contributed by atoms with van der Waals surface area (Å²) in [7, 11) is 4.13. The SMILES string of the molecule is CN(C)c1ccc(-n2cccc2[C@@H]2[C@@H](c3ccccn3)NC(=S)N2CCCN2CCOCC2)cc1. The van der Waals surface area contributed by atoms with E-state index in [1.54, 1.807) is 0 Å². The van der Waals surface area contributed by atoms with E-state index in [0.29, 0.717) is 0 Å². The van der Waals surface area contributed by atoms with Gasteiger partial charge in [0.05, 0.1) is 31.0 Å². The number of hydrogen-bond acceptors (Lipinski definition) is 5. The van der Waals surface area contributed by atoms with Crippen molar-refractivity contribution >= 4 is 23.0 Å². The van der Waals surface area contributed by atoms with Gasteiger partial charge < -0.3 is 24.4 Å². The minimum atomic E-state index is -0.0122. The number of benzene rings is 1. The van der Waals surface area contributed by atoms with Crippen molar-refractivity contribution in [2.45, 2.75) is 18.5 Å². The molecule has 2 aliphatic rings. The molecule has 2 atom stereocenters. The zero-order valence-electron chi connectivity index (χ0n) is 20.5. The van der Waals surface area contributed by atoms with Crippen LogP contribution in [-0.2, 0) is 4.74 Å². The second-order valence-electron chi connectivity index (χ2n) is 9.34. The van der Waals surface area contributed by atoms with Gasteiger partial charge in [0.1, 0.15) is 0 Å². The molecule has 8 heteroatoms. The second kappa shape index (κ2) is 10.8. The molecule has 35 heavy (non-hydrogen) atoms. The summed E-state index contributed by atoms with van der Waals surface area (Å²) in [4.78, 5) is 11.6. The highest BCUT2D eigenvalue weighted by atomic mass is 32.1. The molecule has 0 saturated carbocycles. The van der Waals surface area contributed by atoms with Crippen LogP contribution in [0.15, 0.2) is 67.0 Å². The lowest BCUT2D eigenvalue weighted by atomic mass is 10.0. The lowest BCUT2D eigenvalue weighted by Crippen LogP contribution is -2.39. The fourth-order valence-corrected chi connectivity index (χ4v) is 5.37. The highest BCUT2D eigenvalue weighted by Gasteiger charge is 2.41. The number of anilines is 1. The Morgan fingerprint density at radius 2 is 1.83 bits per heavy atom. The number of thiocarbonyl (C=S) groups is 1. The van der Waals surface area contributed by atoms with Crippen LogP contribution in [0.1, 0.15) is 29.9 Å². The smallest absolute Gasteiger partial charge is 0.170 e. The minimum absolute atomic E-state index is 0.0122. The van der Waals surface area contributed by atoms with E-state index >= 15 is 0 Å². The number of ether oxygens (including phenoxy) is 1. The summed E-state index contributed by atoms with van der Waals surface area (Å²) in [5, 5.41) is 4.39. The second-order valence-corrected chi connectivity index (χ2v) is 9.73. The van der Waals surface area contributed by atoms with Crippen molar-refractivity contribution in [3.05, 3.63) is 78.4 Å². The summed E-state index contributed by atoms with van der Waals surface area (Å²) in [6, 6.07) is 19.1. The first kappa shape index (κ1) is 23.8. The molecule has 0 aliphatic carbocycles. The van der Waals surface area contributed by atoms with E-state index in [9.17, 15) is 0 Å². The summed E-state index contributed by atoms with van der Waals surface area (Å²) < 4.78 is 7.79. The van der Waals surface area contributed by atoms with Crippen molar-refractivity contribution in [2.75, 3.05) is 58.4 Å². The Hall–Kier alpha value is -2.94. The van der Waals surface area contributed by atoms with Crippen LogP contribution in [0.4, 0.5) is 5.69 Å². The Morgan fingerprint density at radius 1 is 1.03 bits per heavy atom. The first-order valence-corrected chi connectivity index (χ1v) is 12.8. The molecule has 3 aromatic rings. The maximum absolute atomic E-state index is 5.88. The zero-order valence-corrected chi connectivity index (χ0v) is 21.3. The number of nitrogens with zero attached hydrogens (tertiary/aromatic N) is 5. The molecular weight excluding hydrogens is 456 g/mol. The average Bonchev–Trinajstić information content (AvgIpc) is 3.50. The molecule has 1 aromatic carbocycles. The summed E-state index contributed by atoms with van der Waals surface area (Å²) in [6.07, 6.45) is 5.05. The quantitative estimate of drug-likeness (QED) is 0.484. The van der Waals surface area contributed by atoms with Crippen molar-refractivity contribution in [1.82, 2.24) is 24.7 Å². The Balaban J connectivity index is 1.43. The molecule has 2 saturated heterocycles. The first-order valence-electron chi connectivity index (χ1n) is 12.3. The lowest BCUT2D eigenvalue weighted by molar-refractivity contribution is 0.0365. The van der Waals surface area contributed by atoms with E-state index in [2.05, 4.69) is 87.3 Å². The Labute approximate surface area is 213 Å². The third kappa shape index (κ3) is 5.19. The van der Waals surface area contributed by atoms with Crippen molar-refractivity contribution < 1.29 is 4.74 Å². The van der Waals surface area contributed by atoms with E-state index in [-0.39, 0.29) is 12.1 Å². The Morgan fingerprint density at radius 3 is 2.54 bits per heavy atom. The lowest BCUT2D eigenvalue weighted by Gasteiger charge is -2.31. The van der Waals surface area contributed by atoms with E-state index in [4.69, 9.17) is 21.9 Å². The maximum atomic E-state index is 5.88. The first-order chi connectivity index (χ1) is 17.1. The summed E-state index contributed by atoms with van der Waals surface area (Å²) in [5.41, 5.74) is 4.53. The van der Waals surface area contributed by atoms with Gasteiger partial charge in [0.2, 0.25) is 0 Å². The van der Waals surface area contributed by atoms with Gasteiger partial charge in [-0.25, -0.2) is 0 Å². The van der Waals surface area contributed by atoms with Gasteiger partial charge in [-0.05, 0) is 67.2 Å². The van der Waals surface area contributed by atoms with Crippen LogP contribution in [0.25, 0.3) is 5.69 Å². The Bertz CT molecular complexity index is 1110. The summed E-state index contributed by atoms with van der Waals surface area (Å²) >= 11 is 5.88. The van der Waals surface area contributed by atoms with Gasteiger partial charge in [0.15, 0.2) is 5.11 Å². The number of morpholine rings is 1. The van der Waals surface area contributed by atoms with Gasteiger partial charge in [-0.3, -0.25) is 9.88 Å². The van der Waals surface area contributed by atoms with Gasteiger partial charge in [-0.15, -0.1) is 0 Å². The van der Waals surface area contributed by atoms with Gasteiger partial charge in [-0.1, -0.05) is 6.07 Å². The maximum Gasteiger partial charge on any atom is 0.170 e. The highest BCUT2D eigenvalue weighted by Crippen LogP contribution is 2.39. The van der Waals surface area contributed by atoms with Gasteiger partial charge >= 0.3 is 0 Å². The predicted molar refractivity (Wildman–Crippen MR) is 144 cm³/mol. The molecule has 1 N–H and O–H groups in total. The molecule has 0 radical (unpaired) electrons. The zero-order chi connectivity index (χ0) is 24.2. The fraction of sp³-hybridized carbons (Fsp3) is 0.407. The molecule has 2 aliphatic heterocycles. The van der Waals surface area contributed by atoms with Crippen LogP contribution >= 0.6 is 12.2 Å². The monoisotopic (exact) mass is 490 g/mol. The van der Waals surface area contributed by atoms with Gasteiger partial charge in [-0.2, -0.15) is 0 Å². The third-order valence-corrected chi connectivity index (χ3v) is 7.25. The normalized spacial score (nSPS) is 20.7. The van der Waals surface area contributed by atoms with Crippen LogP contribution in [0.5, 0.6) is 0 Å². The van der Waals surface area contributed by atoms with Gasteiger partial charge in [0, 0.05) is 69.7 Å². The molecule has 0 amide bonds. The molecule has 2 fully saturated rings. The number of nitrogens with one attached hydrogen (secondary N) is 1. The number of hydrogen-bond donors (Lipinski definition) is 1. The third-order valence-electron chi connectivity index (χ3n) is 6.90. The van der Waals surface area contributed by atoms with Crippen molar-refractivity contribution in [3.63, 3.8) is 0 Å². The summed E-state index contributed by atoms with van der Waals surface area (Å²) in [5.74, 6) is 0. The predicted octanol–water partition coefficient (Wildman–Crippen LogP) is 3.63. The van der Waals surface area contributed by atoms with Crippen molar-refractivity contribution in [3.8, 4) is 5.69 Å². The largest absolute Gasteiger partial charge is 0.379 e. The topological polar surface area (TPSA) is 48.8 Å². The minimum Gasteiger partial charge on any atom is -0.379 e. The van der Waals surface area contributed by atoms with Crippen LogP contribution in [0, 0.1) is 0 Å². The van der Waals surface area contributed by atoms with Crippen LogP contribution in [0.2, 0.25) is 0 Å². The number of pyridine rings is 1. The molecule has 2 aromatic heterocycles. The number of aromatic nitrogens is 2. The average molecular weight is 491 g/mol. The molecular formula is C27H34N6OS. The van der Waals surface area contributed by atoms with E-state index in [1.165, 1.54) is 11.4 Å². The van der Waals surface area contributed by atoms with Crippen LogP contribution in [0.3, 0.4) is 0 Å². The molecule has 0 spiro atoms. The van der Waals surface area contributed by atoms with Crippen molar-refractivity contribution in [2.24, 2.45) is 0 Å². The van der Waals surface area contributed by atoms with E-state index in [1.807, 2.05) is 18.3 Å². The standard InChI is InChI=1S/C27H34N6OS/c1-30(2)21-9-11-22(12-10-21)32-15-5-8-24(32)26-25(23-7-3-4-13-28-23)29-27(35)33(26)16-6-14-31-17-19-34-20-18-31/h3-5,7-13,15,25-26H,6,14,16-20H2,1-2H3,(H,29,35)/t25-,26-/m1/s1. The molecule has 7 nitrogen and oxygen atoms in total. The molecule has 5 rings (SSSR count). The Kier molecular flexibility index (Phi) is 7.32. The van der Waals surface area contributed by atoms with E-state index < -0.39 is 0 Å². The molecule has 184 valence electrons. The van der Waals surface area contributed by atoms with Crippen LogP contribution < -0.4 is 10.2 Å². The number of rotatable bonds is 8. The summed E-state index contributed by atoms with van der Waals surface area (Å²) in [6.45, 7) is 5.61. The fourth-order valence-electron chi connectivity index (χ4n) is 5.04. The van der Waals surface area contributed by atoms with Crippen LogP contribution in [-0.4, -0.2) is 78.0 Å².